The van der Waals surface area contributed by atoms with Gasteiger partial charge in [-0.1, -0.05) is 36.3 Å². The summed E-state index contributed by atoms with van der Waals surface area (Å²) in [6.45, 7) is 3.95. The van der Waals surface area contributed by atoms with Crippen LogP contribution in [0.25, 0.3) is 0 Å². The first-order valence-electron chi connectivity index (χ1n) is 4.51. The Morgan fingerprint density at radius 3 is 2.23 bits per heavy atom. The molecule has 0 fully saturated rings. The predicted molar refractivity (Wildman–Crippen MR) is 54.4 cm³/mol. The fourth-order valence-corrected chi connectivity index (χ4v) is 1.22. The topological polar surface area (TPSA) is 32.6 Å². The van der Waals surface area contributed by atoms with E-state index in [0.717, 1.165) is 18.6 Å². The fourth-order valence-electron chi connectivity index (χ4n) is 1.22. The largest absolute Gasteiger partial charge is 0.411 e. The van der Waals surface area contributed by atoms with Crippen LogP contribution in [0.1, 0.15) is 25.0 Å². The second kappa shape index (κ2) is 4.65. The molecule has 1 aromatic rings. The lowest BCUT2D eigenvalue weighted by Crippen LogP contribution is -1.97. The molecule has 1 rings (SSSR count). The van der Waals surface area contributed by atoms with Crippen LogP contribution in [0, 0.1) is 0 Å². The SMILES string of the molecule is CCc1ccc(C/C(C)=N/O)cc1. The lowest BCUT2D eigenvalue weighted by molar-refractivity contribution is 0.317. The highest BCUT2D eigenvalue weighted by Gasteiger charge is 1.96. The van der Waals surface area contributed by atoms with Crippen molar-refractivity contribution < 1.29 is 5.21 Å². The number of rotatable bonds is 3. The summed E-state index contributed by atoms with van der Waals surface area (Å²) in [4.78, 5) is 0. The third-order valence-corrected chi connectivity index (χ3v) is 2.06. The summed E-state index contributed by atoms with van der Waals surface area (Å²) in [6, 6.07) is 8.38. The molecule has 1 N–H and O–H groups in total. The van der Waals surface area contributed by atoms with Crippen LogP contribution in [0.15, 0.2) is 29.4 Å². The van der Waals surface area contributed by atoms with Crippen molar-refractivity contribution in [3.05, 3.63) is 35.4 Å². The van der Waals surface area contributed by atoms with Gasteiger partial charge in [-0.3, -0.25) is 0 Å². The maximum Gasteiger partial charge on any atom is 0.0583 e. The normalized spacial score (nSPS) is 11.7. The molecule has 0 aliphatic carbocycles. The van der Waals surface area contributed by atoms with E-state index in [4.69, 9.17) is 5.21 Å². The van der Waals surface area contributed by atoms with E-state index in [2.05, 4.69) is 36.3 Å². The Hall–Kier alpha value is -1.31. The summed E-state index contributed by atoms with van der Waals surface area (Å²) in [7, 11) is 0. The van der Waals surface area contributed by atoms with Crippen molar-refractivity contribution in [2.24, 2.45) is 5.16 Å². The Morgan fingerprint density at radius 2 is 1.77 bits per heavy atom. The van der Waals surface area contributed by atoms with E-state index in [1.54, 1.807) is 0 Å². The van der Waals surface area contributed by atoms with Gasteiger partial charge in [-0.2, -0.15) is 0 Å². The van der Waals surface area contributed by atoms with E-state index < -0.39 is 0 Å². The molecular formula is C11H15NO. The van der Waals surface area contributed by atoms with Gasteiger partial charge in [0.15, 0.2) is 0 Å². The summed E-state index contributed by atoms with van der Waals surface area (Å²) < 4.78 is 0. The van der Waals surface area contributed by atoms with E-state index in [-0.39, 0.29) is 0 Å². The maximum absolute atomic E-state index is 8.48. The highest BCUT2D eigenvalue weighted by atomic mass is 16.4. The predicted octanol–water partition coefficient (Wildman–Crippen LogP) is 2.64. The molecule has 2 heteroatoms. The Labute approximate surface area is 78.9 Å². The van der Waals surface area contributed by atoms with Crippen LogP contribution >= 0.6 is 0 Å². The molecule has 0 saturated heterocycles. The summed E-state index contributed by atoms with van der Waals surface area (Å²) >= 11 is 0. The Kier molecular flexibility index (Phi) is 3.50. The minimum atomic E-state index is 0.723. The molecule has 0 unspecified atom stereocenters. The molecule has 0 bridgehead atoms. The molecule has 0 amide bonds. The Balaban J connectivity index is 2.69. The number of hydrogen-bond acceptors (Lipinski definition) is 2. The zero-order valence-electron chi connectivity index (χ0n) is 8.12. The molecule has 0 aliphatic rings. The monoisotopic (exact) mass is 177 g/mol. The lowest BCUT2D eigenvalue weighted by atomic mass is 10.1. The molecule has 13 heavy (non-hydrogen) atoms. The van der Waals surface area contributed by atoms with Gasteiger partial charge in [-0.25, -0.2) is 0 Å². The second-order valence-corrected chi connectivity index (χ2v) is 3.18. The van der Waals surface area contributed by atoms with E-state index >= 15 is 0 Å². The molecule has 0 atom stereocenters. The first-order valence-corrected chi connectivity index (χ1v) is 4.51. The van der Waals surface area contributed by atoms with Gasteiger partial charge in [-0.15, -0.1) is 0 Å². The molecule has 0 spiro atoms. The van der Waals surface area contributed by atoms with Crippen molar-refractivity contribution in [2.75, 3.05) is 0 Å². The molecule has 0 saturated carbocycles. The van der Waals surface area contributed by atoms with Gasteiger partial charge in [0.25, 0.3) is 0 Å². The number of benzene rings is 1. The molecule has 0 radical (unpaired) electrons. The summed E-state index contributed by atoms with van der Waals surface area (Å²) in [5.74, 6) is 0. The van der Waals surface area contributed by atoms with Gasteiger partial charge in [0, 0.05) is 6.42 Å². The molecule has 1 aromatic carbocycles. The molecule has 70 valence electrons. The van der Waals surface area contributed by atoms with Crippen molar-refractivity contribution in [3.8, 4) is 0 Å². The van der Waals surface area contributed by atoms with Crippen molar-refractivity contribution in [3.63, 3.8) is 0 Å². The molecule has 0 aromatic heterocycles. The van der Waals surface area contributed by atoms with Gasteiger partial charge in [0.2, 0.25) is 0 Å². The van der Waals surface area contributed by atoms with Gasteiger partial charge in [0.1, 0.15) is 0 Å². The van der Waals surface area contributed by atoms with Crippen molar-refractivity contribution in [1.29, 1.82) is 0 Å². The van der Waals surface area contributed by atoms with Gasteiger partial charge in [0.05, 0.1) is 5.71 Å². The minimum Gasteiger partial charge on any atom is -0.411 e. The van der Waals surface area contributed by atoms with Crippen LogP contribution in [-0.4, -0.2) is 10.9 Å². The molecular weight excluding hydrogens is 162 g/mol. The standard InChI is InChI=1S/C11H15NO/c1-3-10-4-6-11(7-5-10)8-9(2)12-13/h4-7,13H,3,8H2,1-2H3/b12-9+. The molecule has 0 aliphatic heterocycles. The average molecular weight is 177 g/mol. The maximum atomic E-state index is 8.48. The van der Waals surface area contributed by atoms with Crippen molar-refractivity contribution >= 4 is 5.71 Å². The van der Waals surface area contributed by atoms with Crippen molar-refractivity contribution in [1.82, 2.24) is 0 Å². The Bertz CT molecular complexity index is 287. The highest BCUT2D eigenvalue weighted by Crippen LogP contribution is 2.06. The third-order valence-electron chi connectivity index (χ3n) is 2.06. The number of hydrogen-bond donors (Lipinski definition) is 1. The number of aryl methyl sites for hydroxylation is 1. The van der Waals surface area contributed by atoms with E-state index in [9.17, 15) is 0 Å². The molecule has 0 heterocycles. The zero-order valence-corrected chi connectivity index (χ0v) is 8.12. The third kappa shape index (κ3) is 2.90. The first-order chi connectivity index (χ1) is 6.26. The average Bonchev–Trinajstić information content (AvgIpc) is 2.19. The molecule has 2 nitrogen and oxygen atoms in total. The highest BCUT2D eigenvalue weighted by molar-refractivity contribution is 5.83. The van der Waals surface area contributed by atoms with Gasteiger partial charge < -0.3 is 5.21 Å². The smallest absolute Gasteiger partial charge is 0.0583 e. The first kappa shape index (κ1) is 9.78. The van der Waals surface area contributed by atoms with Gasteiger partial charge >= 0.3 is 0 Å². The van der Waals surface area contributed by atoms with Crippen molar-refractivity contribution in [2.45, 2.75) is 26.7 Å². The minimum absolute atomic E-state index is 0.723. The second-order valence-electron chi connectivity index (χ2n) is 3.18. The van der Waals surface area contributed by atoms with Crippen LogP contribution < -0.4 is 0 Å². The number of oxime groups is 1. The van der Waals surface area contributed by atoms with Crippen LogP contribution in [0.4, 0.5) is 0 Å². The van der Waals surface area contributed by atoms with E-state index in [0.29, 0.717) is 0 Å². The fraction of sp³-hybridized carbons (Fsp3) is 0.364. The number of nitrogens with zero attached hydrogens (tertiary/aromatic N) is 1. The van der Waals surface area contributed by atoms with Crippen LogP contribution in [0.5, 0.6) is 0 Å². The summed E-state index contributed by atoms with van der Waals surface area (Å²) in [5.41, 5.74) is 3.26. The zero-order chi connectivity index (χ0) is 9.68. The van der Waals surface area contributed by atoms with E-state index in [1.165, 1.54) is 11.1 Å². The van der Waals surface area contributed by atoms with Crippen LogP contribution in [0.2, 0.25) is 0 Å². The van der Waals surface area contributed by atoms with Gasteiger partial charge in [-0.05, 0) is 24.5 Å². The Morgan fingerprint density at radius 1 is 1.23 bits per heavy atom. The van der Waals surface area contributed by atoms with Crippen LogP contribution in [0.3, 0.4) is 0 Å². The van der Waals surface area contributed by atoms with E-state index in [1.807, 2.05) is 6.92 Å². The quantitative estimate of drug-likeness (QED) is 0.429. The summed E-state index contributed by atoms with van der Waals surface area (Å²) in [6.07, 6.45) is 1.79. The summed E-state index contributed by atoms with van der Waals surface area (Å²) in [5, 5.41) is 11.6. The lowest BCUT2D eigenvalue weighted by Gasteiger charge is -2.00. The van der Waals surface area contributed by atoms with Crippen LogP contribution in [-0.2, 0) is 12.8 Å².